The fourth-order valence-corrected chi connectivity index (χ4v) is 2.07. The van der Waals surface area contributed by atoms with Crippen LogP contribution in [0, 0.1) is 5.82 Å². The van der Waals surface area contributed by atoms with Gasteiger partial charge in [-0.1, -0.05) is 6.92 Å². The molecule has 2 aromatic rings. The van der Waals surface area contributed by atoms with Crippen LogP contribution in [0.25, 0.3) is 0 Å². The molecule has 0 unspecified atom stereocenters. The minimum Gasteiger partial charge on any atom is -0.491 e. The molecule has 0 atom stereocenters. The maximum atomic E-state index is 13.2. The smallest absolute Gasteiger partial charge is 0.144 e. The number of nitrogens with one attached hydrogen (secondary N) is 1. The summed E-state index contributed by atoms with van der Waals surface area (Å²) < 4.78 is 19.2. The number of anilines is 3. The van der Waals surface area contributed by atoms with Gasteiger partial charge in [0.25, 0.3) is 0 Å². The molecule has 0 amide bonds. The summed E-state index contributed by atoms with van der Waals surface area (Å²) in [4.78, 5) is 0. The van der Waals surface area contributed by atoms with Crippen molar-refractivity contribution in [2.75, 3.05) is 17.7 Å². The van der Waals surface area contributed by atoms with Crippen molar-refractivity contribution in [1.29, 1.82) is 0 Å². The molecular weight excluding hydrogens is 323 g/mol. The van der Waals surface area contributed by atoms with Gasteiger partial charge in [-0.3, -0.25) is 0 Å². The molecule has 0 spiro atoms. The van der Waals surface area contributed by atoms with Crippen LogP contribution in [0.3, 0.4) is 0 Å². The van der Waals surface area contributed by atoms with Gasteiger partial charge in [0.2, 0.25) is 0 Å². The fraction of sp³-hybridized carbons (Fsp3) is 0.200. The third-order valence-corrected chi connectivity index (χ3v) is 3.29. The topological polar surface area (TPSA) is 47.3 Å². The van der Waals surface area contributed by atoms with Gasteiger partial charge >= 0.3 is 0 Å². The normalized spacial score (nSPS) is 10.3. The molecule has 3 nitrogen and oxygen atoms in total. The summed E-state index contributed by atoms with van der Waals surface area (Å²) in [7, 11) is 0. The Balaban J connectivity index is 2.18. The standard InChI is InChI=1S/C15H16BrFN2O/c1-2-7-20-15-9-11(4-6-14(15)18)19-10-3-5-13(17)12(16)8-10/h3-6,8-9,19H,2,7,18H2,1H3. The van der Waals surface area contributed by atoms with Gasteiger partial charge in [0.1, 0.15) is 11.6 Å². The second-order valence-electron chi connectivity index (χ2n) is 4.35. The Morgan fingerprint density at radius 3 is 2.60 bits per heavy atom. The van der Waals surface area contributed by atoms with Crippen molar-refractivity contribution in [3.8, 4) is 5.75 Å². The SMILES string of the molecule is CCCOc1cc(Nc2ccc(F)c(Br)c2)ccc1N. The minimum absolute atomic E-state index is 0.292. The molecule has 0 aliphatic carbocycles. The monoisotopic (exact) mass is 338 g/mol. The number of ether oxygens (including phenoxy) is 1. The fourth-order valence-electron chi connectivity index (χ4n) is 1.69. The number of benzene rings is 2. The van der Waals surface area contributed by atoms with Crippen molar-refractivity contribution in [3.63, 3.8) is 0 Å². The van der Waals surface area contributed by atoms with Crippen molar-refractivity contribution in [2.45, 2.75) is 13.3 Å². The van der Waals surface area contributed by atoms with E-state index in [9.17, 15) is 4.39 Å². The van der Waals surface area contributed by atoms with Crippen molar-refractivity contribution in [3.05, 3.63) is 46.7 Å². The lowest BCUT2D eigenvalue weighted by Gasteiger charge is -2.12. The third-order valence-electron chi connectivity index (χ3n) is 2.68. The van der Waals surface area contributed by atoms with Crippen LogP contribution in [0.15, 0.2) is 40.9 Å². The van der Waals surface area contributed by atoms with E-state index in [1.54, 1.807) is 18.2 Å². The summed E-state index contributed by atoms with van der Waals surface area (Å²) in [5.74, 6) is 0.359. The average molecular weight is 339 g/mol. The molecule has 5 heteroatoms. The highest BCUT2D eigenvalue weighted by Crippen LogP contribution is 2.29. The Kier molecular flexibility index (Phi) is 4.84. The number of hydrogen-bond donors (Lipinski definition) is 2. The first kappa shape index (κ1) is 14.7. The Labute approximate surface area is 126 Å². The van der Waals surface area contributed by atoms with Gasteiger partial charge in [0.05, 0.1) is 16.8 Å². The Morgan fingerprint density at radius 1 is 1.20 bits per heavy atom. The van der Waals surface area contributed by atoms with Gasteiger partial charge in [-0.05, 0) is 52.7 Å². The van der Waals surface area contributed by atoms with Crippen LogP contribution in [0.2, 0.25) is 0 Å². The maximum Gasteiger partial charge on any atom is 0.144 e. The van der Waals surface area contributed by atoms with Crippen LogP contribution in [0.4, 0.5) is 21.5 Å². The van der Waals surface area contributed by atoms with Gasteiger partial charge < -0.3 is 15.8 Å². The van der Waals surface area contributed by atoms with E-state index in [0.29, 0.717) is 22.5 Å². The molecule has 0 radical (unpaired) electrons. The zero-order valence-electron chi connectivity index (χ0n) is 11.1. The summed E-state index contributed by atoms with van der Waals surface area (Å²) in [5, 5.41) is 3.18. The largest absolute Gasteiger partial charge is 0.491 e. The van der Waals surface area contributed by atoms with Crippen LogP contribution in [0.5, 0.6) is 5.75 Å². The number of halogens is 2. The zero-order valence-corrected chi connectivity index (χ0v) is 12.7. The average Bonchev–Trinajstić information content (AvgIpc) is 2.43. The molecular formula is C15H16BrFN2O. The molecule has 0 aromatic heterocycles. The van der Waals surface area contributed by atoms with E-state index in [-0.39, 0.29) is 5.82 Å². The third kappa shape index (κ3) is 3.63. The summed E-state index contributed by atoms with van der Waals surface area (Å²) in [6, 6.07) is 10.2. The first-order valence-electron chi connectivity index (χ1n) is 6.34. The van der Waals surface area contributed by atoms with E-state index in [4.69, 9.17) is 10.5 Å². The Bertz CT molecular complexity index is 604. The minimum atomic E-state index is -0.292. The lowest BCUT2D eigenvalue weighted by atomic mass is 10.2. The zero-order chi connectivity index (χ0) is 14.5. The number of rotatable bonds is 5. The molecule has 106 valence electrons. The number of nitrogen functional groups attached to an aromatic ring is 1. The van der Waals surface area contributed by atoms with Crippen molar-refractivity contribution in [2.24, 2.45) is 0 Å². The Hall–Kier alpha value is -1.75. The van der Waals surface area contributed by atoms with E-state index in [1.807, 2.05) is 19.1 Å². The van der Waals surface area contributed by atoms with Gasteiger partial charge in [0, 0.05) is 17.4 Å². The number of nitrogens with two attached hydrogens (primary N) is 1. The van der Waals surface area contributed by atoms with Crippen molar-refractivity contribution in [1.82, 2.24) is 0 Å². The van der Waals surface area contributed by atoms with Gasteiger partial charge in [-0.2, -0.15) is 0 Å². The Morgan fingerprint density at radius 2 is 1.90 bits per heavy atom. The van der Waals surface area contributed by atoms with Crippen LogP contribution in [-0.4, -0.2) is 6.61 Å². The van der Waals surface area contributed by atoms with Crippen LogP contribution < -0.4 is 15.8 Å². The summed E-state index contributed by atoms with van der Waals surface area (Å²) in [5.41, 5.74) is 8.08. The van der Waals surface area contributed by atoms with E-state index < -0.39 is 0 Å². The first-order valence-corrected chi connectivity index (χ1v) is 7.14. The predicted octanol–water partition coefficient (Wildman–Crippen LogP) is 4.70. The van der Waals surface area contributed by atoms with E-state index in [0.717, 1.165) is 17.8 Å². The molecule has 0 saturated heterocycles. The summed E-state index contributed by atoms with van der Waals surface area (Å²) in [6.07, 6.45) is 0.919. The van der Waals surface area contributed by atoms with Crippen LogP contribution in [-0.2, 0) is 0 Å². The van der Waals surface area contributed by atoms with Crippen LogP contribution >= 0.6 is 15.9 Å². The molecule has 0 bridgehead atoms. The van der Waals surface area contributed by atoms with E-state index in [2.05, 4.69) is 21.2 Å². The van der Waals surface area contributed by atoms with Gasteiger partial charge in [-0.25, -0.2) is 4.39 Å². The van der Waals surface area contributed by atoms with E-state index in [1.165, 1.54) is 6.07 Å². The molecule has 3 N–H and O–H groups in total. The quantitative estimate of drug-likeness (QED) is 0.776. The van der Waals surface area contributed by atoms with Crippen molar-refractivity contribution < 1.29 is 9.13 Å². The second kappa shape index (κ2) is 6.61. The summed E-state index contributed by atoms with van der Waals surface area (Å²) in [6.45, 7) is 2.66. The molecule has 0 fully saturated rings. The lowest BCUT2D eigenvalue weighted by molar-refractivity contribution is 0.319. The molecule has 2 rings (SSSR count). The highest BCUT2D eigenvalue weighted by atomic mass is 79.9. The predicted molar refractivity (Wildman–Crippen MR) is 84.0 cm³/mol. The van der Waals surface area contributed by atoms with Crippen LogP contribution in [0.1, 0.15) is 13.3 Å². The van der Waals surface area contributed by atoms with Gasteiger partial charge in [-0.15, -0.1) is 0 Å². The first-order chi connectivity index (χ1) is 9.60. The molecule has 0 aliphatic rings. The highest BCUT2D eigenvalue weighted by Gasteiger charge is 2.04. The number of hydrogen-bond acceptors (Lipinski definition) is 3. The maximum absolute atomic E-state index is 13.2. The van der Waals surface area contributed by atoms with Crippen molar-refractivity contribution >= 4 is 33.0 Å². The second-order valence-corrected chi connectivity index (χ2v) is 5.21. The van der Waals surface area contributed by atoms with Gasteiger partial charge in [0.15, 0.2) is 0 Å². The molecule has 2 aromatic carbocycles. The molecule has 20 heavy (non-hydrogen) atoms. The molecule has 0 saturated carbocycles. The summed E-state index contributed by atoms with van der Waals surface area (Å²) >= 11 is 3.16. The molecule has 0 heterocycles. The molecule has 0 aliphatic heterocycles. The lowest BCUT2D eigenvalue weighted by Crippen LogP contribution is -2.00. The van der Waals surface area contributed by atoms with E-state index >= 15 is 0 Å². The highest BCUT2D eigenvalue weighted by molar-refractivity contribution is 9.10.